The third-order valence-corrected chi connectivity index (χ3v) is 0. The Balaban J connectivity index is 0. The molecule has 0 nitrogen and oxygen atoms in total. The molecule has 0 atom stereocenters. The second kappa shape index (κ2) is 1430. The molecule has 0 heteroatoms. The van der Waals surface area contributed by atoms with E-state index in [1.165, 1.54) is 0 Å². The first kappa shape index (κ1) is 1930. The largest absolute Gasteiger partial charge is 0.358 e. The first-order valence-corrected chi connectivity index (χ1v) is 0. The van der Waals surface area contributed by atoms with E-state index in [0.717, 1.165) is 0 Å². The molecule has 0 aromatic rings. The lowest BCUT2D eigenvalue weighted by Crippen LogP contribution is 0.0803. The smallest absolute Gasteiger partial charge is 0.0467 e. The van der Waals surface area contributed by atoms with E-state index in [9.17, 15) is 0 Å². The maximum Gasteiger partial charge on any atom is 0.0467 e. The minimum atomic E-state index is 0. The summed E-state index contributed by atoms with van der Waals surface area (Å²) in [5.41, 5.74) is 0. The summed E-state index contributed by atoms with van der Waals surface area (Å²) < 4.78 is 0. The van der Waals surface area contributed by atoms with Crippen LogP contribution in [0.25, 0.3) is 0 Å². The third-order valence-electron chi connectivity index (χ3n) is 0. The Bertz CT molecular complexity index is 0. The van der Waals surface area contributed by atoms with Gasteiger partial charge in [-0.15, -0.1) is 0 Å². The molecule has 0 aliphatic heterocycles. The average Bonchev–Trinajstić information content (AvgIpc) is 0. The predicted octanol–water partition coefficient (Wildman–Crippen LogP) is 6.15. The van der Waals surface area contributed by atoms with Gasteiger partial charge in [-0.05, 0) is 0 Å². The van der Waals surface area contributed by atoms with Crippen molar-refractivity contribution in [2.75, 3.05) is 0 Å². The van der Waals surface area contributed by atoms with Gasteiger partial charge in [-0.1, -0.05) is 29.7 Å². The maximum absolute atomic E-state index is 0. The van der Waals surface area contributed by atoms with Crippen LogP contribution < -0.4 is 0 Å². The van der Waals surface area contributed by atoms with Crippen LogP contribution in [0.1, 0.15) is 29.7 Å². The molecule has 0 N–H and O–H groups in total. The van der Waals surface area contributed by atoms with Gasteiger partial charge >= 0.3 is 0 Å². The highest BCUT2D eigenvalue weighted by molar-refractivity contribution is 3.25. The lowest BCUT2D eigenvalue weighted by molar-refractivity contribution is 2.50. The molecular weight excluding hydrogens is 144 g/mol. The fourth-order valence-corrected chi connectivity index (χ4v) is 0. The van der Waals surface area contributed by atoms with Gasteiger partial charge < -0.3 is 14.9 Å². The van der Waals surface area contributed by atoms with Gasteiger partial charge in [-0.3, -0.25) is 0 Å². The molecule has 0 heterocycles. The highest BCUT2D eigenvalue weighted by Crippen LogP contribution is 0.148. The van der Waals surface area contributed by atoms with Crippen molar-refractivity contribution in [3.05, 3.63) is 59.4 Å². The third kappa shape index (κ3) is 1020. The van der Waals surface area contributed by atoms with Crippen molar-refractivity contribution in [2.24, 2.45) is 0 Å². The molecular formula is C12H40+4. The first-order chi connectivity index (χ1) is 0. The van der Waals surface area contributed by atoms with E-state index in [1.807, 2.05) is 0 Å². The molecule has 0 aromatic carbocycles. The normalized spacial score (nSPS) is 0. The summed E-state index contributed by atoms with van der Waals surface area (Å²) >= 11 is 0. The van der Waals surface area contributed by atoms with Gasteiger partial charge in [0, 0.05) is 44.6 Å². The molecule has 0 aliphatic rings. The van der Waals surface area contributed by atoms with Gasteiger partial charge in [0.25, 0.3) is 0 Å². The lowest BCUT2D eigenvalue weighted by Gasteiger charge is -0.359. The minimum Gasteiger partial charge on any atom is -0.358 e. The van der Waals surface area contributed by atoms with Crippen molar-refractivity contribution in [2.45, 2.75) is 29.7 Å². The number of rotatable bonds is 0. The molecule has 0 spiro atoms. The Labute approximate surface area is 89.8 Å². The number of hydrogen-bond donors (Lipinski definition) is 0. The molecule has 0 aliphatic carbocycles. The van der Waals surface area contributed by atoms with Crippen LogP contribution >= 0.6 is 0 Å². The molecule has 0 rings (SSSR count). The van der Waals surface area contributed by atoms with E-state index in [4.69, 9.17) is 0 Å². The Morgan fingerprint density at radius 1 is 0.250 bits per heavy atom. The molecule has 0 saturated heterocycles. The summed E-state index contributed by atoms with van der Waals surface area (Å²) in [5.74, 6) is 0. The van der Waals surface area contributed by atoms with Crippen molar-refractivity contribution < 1.29 is 0 Å². The van der Waals surface area contributed by atoms with Crippen LogP contribution in [0, 0.1) is 59.4 Å². The number of hydrogen-bond acceptors (Lipinski definition) is 0. The molecule has 0 fully saturated rings. The minimum absolute atomic E-state index is 0. The van der Waals surface area contributed by atoms with Gasteiger partial charge in [-0.25, -0.2) is 0 Å². The summed E-state index contributed by atoms with van der Waals surface area (Å²) in [4.78, 5) is 0. The second-order valence-electron chi connectivity index (χ2n) is 0. The van der Waals surface area contributed by atoms with Crippen molar-refractivity contribution >= 4 is 0 Å². The molecule has 0 radical (unpaired) electrons. The highest BCUT2D eigenvalue weighted by atomic mass is 12.0. The summed E-state index contributed by atoms with van der Waals surface area (Å²) in [7, 11) is 0. The molecule has 84 valence electrons. The summed E-state index contributed by atoms with van der Waals surface area (Å²) in [5, 5.41) is 0. The van der Waals surface area contributed by atoms with Crippen LogP contribution in [0.15, 0.2) is 0 Å². The lowest BCUT2D eigenvalue weighted by atomic mass is 12.0. The SMILES string of the molecule is C.C.C.C.[CH3+].[CH3+].[CH3+].[CH3+].[CH3+].[CH3+].[CH3-].[CH3-]. The van der Waals surface area contributed by atoms with Crippen molar-refractivity contribution in [3.63, 3.8) is 0 Å². The zero-order chi connectivity index (χ0) is 0. The van der Waals surface area contributed by atoms with E-state index in [2.05, 4.69) is 0 Å². The van der Waals surface area contributed by atoms with Crippen LogP contribution in [0.4, 0.5) is 0 Å². The second-order valence-corrected chi connectivity index (χ2v) is 0. The van der Waals surface area contributed by atoms with Crippen LogP contribution in [0.2, 0.25) is 0 Å². The Kier molecular flexibility index (Phi) is 229000. The van der Waals surface area contributed by atoms with Crippen molar-refractivity contribution in [1.29, 1.82) is 0 Å². The zero-order valence-electron chi connectivity index (χ0n) is 8.00. The van der Waals surface area contributed by atoms with Crippen LogP contribution in [-0.2, 0) is 0 Å². The maximum atomic E-state index is 0. The van der Waals surface area contributed by atoms with Gasteiger partial charge in [0.15, 0.2) is 0 Å². The molecule has 0 bridgehead atoms. The standard InChI is InChI=1S/4CH4.8CH3/h4*1H4;8*1H3/q;;;;2*-1;6*+1. The Morgan fingerprint density at radius 2 is 0.250 bits per heavy atom. The van der Waals surface area contributed by atoms with Crippen molar-refractivity contribution in [3.8, 4) is 0 Å². The summed E-state index contributed by atoms with van der Waals surface area (Å²) in [6, 6.07) is 0. The van der Waals surface area contributed by atoms with Crippen LogP contribution in [0.5, 0.6) is 0 Å². The monoisotopic (exact) mass is 184 g/mol. The fourth-order valence-electron chi connectivity index (χ4n) is 0. The van der Waals surface area contributed by atoms with Crippen LogP contribution in [-0.4, -0.2) is 0 Å². The van der Waals surface area contributed by atoms with Gasteiger partial charge in [-0.2, -0.15) is 0 Å². The molecule has 0 aromatic heterocycles. The predicted molar refractivity (Wildman–Crippen MR) is 78.2 cm³/mol. The first-order valence-electron chi connectivity index (χ1n) is 0. The molecule has 0 unspecified atom stereocenters. The molecule has 12 heavy (non-hydrogen) atoms. The van der Waals surface area contributed by atoms with Crippen LogP contribution in [0.3, 0.4) is 0 Å². The highest BCUT2D eigenvalue weighted by Gasteiger charge is 0.0519. The average molecular weight is 184 g/mol. The van der Waals surface area contributed by atoms with Gasteiger partial charge in [0.05, 0.1) is 0 Å². The Hall–Kier alpha value is -0.780. The molecule has 0 amide bonds. The summed E-state index contributed by atoms with van der Waals surface area (Å²) in [6.45, 7) is 0. The molecule has 0 saturated carbocycles. The zero-order valence-corrected chi connectivity index (χ0v) is 8.00. The fraction of sp³-hybridized carbons (Fsp3) is 0.333. The van der Waals surface area contributed by atoms with Crippen molar-refractivity contribution in [1.82, 2.24) is 0 Å². The van der Waals surface area contributed by atoms with Gasteiger partial charge in [0.2, 0.25) is 0 Å². The quantitative estimate of drug-likeness (QED) is 0.396. The van der Waals surface area contributed by atoms with E-state index < -0.39 is 0 Å². The van der Waals surface area contributed by atoms with E-state index >= 15 is 0 Å². The van der Waals surface area contributed by atoms with E-state index in [1.54, 1.807) is 0 Å². The van der Waals surface area contributed by atoms with E-state index in [-0.39, 0.29) is 89.1 Å². The topological polar surface area (TPSA) is 0 Å². The Morgan fingerprint density at radius 3 is 0.250 bits per heavy atom. The van der Waals surface area contributed by atoms with Gasteiger partial charge in [0.1, 0.15) is 0 Å². The summed E-state index contributed by atoms with van der Waals surface area (Å²) in [6.07, 6.45) is 0. The van der Waals surface area contributed by atoms with E-state index in [0.29, 0.717) is 0 Å².